The molecule has 3 atom stereocenters. The quantitative estimate of drug-likeness (QED) is 0.945. The third-order valence-electron chi connectivity index (χ3n) is 4.28. The predicted molar refractivity (Wildman–Crippen MR) is 79.7 cm³/mol. The monoisotopic (exact) mass is 306 g/mol. The lowest BCUT2D eigenvalue weighted by atomic mass is 9.82. The summed E-state index contributed by atoms with van der Waals surface area (Å²) >= 11 is 0. The molecule has 0 spiro atoms. The fourth-order valence-corrected chi connectivity index (χ4v) is 3.20. The molecule has 1 aliphatic heterocycles. The number of aromatic nitrogens is 3. The zero-order valence-electron chi connectivity index (χ0n) is 12.7. The van der Waals surface area contributed by atoms with Crippen LogP contribution < -0.4 is 5.32 Å². The van der Waals surface area contributed by atoms with Crippen LogP contribution in [0.3, 0.4) is 0 Å². The SMILES string of the molecule is C[C@H]1C[C@H](c2ccc(C(F)F)cc2)C[C@@H](c2cn(C)nn2)N1. The van der Waals surface area contributed by atoms with Crippen LogP contribution >= 0.6 is 0 Å². The van der Waals surface area contributed by atoms with E-state index in [0.29, 0.717) is 12.0 Å². The van der Waals surface area contributed by atoms with E-state index in [1.54, 1.807) is 4.68 Å². The van der Waals surface area contributed by atoms with E-state index in [0.717, 1.165) is 24.1 Å². The first-order valence-corrected chi connectivity index (χ1v) is 7.53. The number of halogens is 2. The molecule has 2 heterocycles. The number of hydrogen-bond donors (Lipinski definition) is 1. The van der Waals surface area contributed by atoms with E-state index in [2.05, 4.69) is 22.6 Å². The van der Waals surface area contributed by atoms with Crippen molar-refractivity contribution in [2.45, 2.75) is 44.2 Å². The van der Waals surface area contributed by atoms with E-state index in [-0.39, 0.29) is 11.6 Å². The normalized spacial score (nSPS) is 25.6. The Labute approximate surface area is 128 Å². The molecule has 3 rings (SSSR count). The van der Waals surface area contributed by atoms with Gasteiger partial charge < -0.3 is 5.32 Å². The molecule has 0 bridgehead atoms. The molecule has 1 N–H and O–H groups in total. The second-order valence-electron chi connectivity index (χ2n) is 6.07. The van der Waals surface area contributed by atoms with Crippen molar-refractivity contribution >= 4 is 0 Å². The van der Waals surface area contributed by atoms with E-state index < -0.39 is 6.43 Å². The average molecular weight is 306 g/mol. The van der Waals surface area contributed by atoms with Crippen molar-refractivity contribution in [2.75, 3.05) is 0 Å². The molecule has 0 aliphatic carbocycles. The maximum atomic E-state index is 12.7. The Hall–Kier alpha value is -1.82. The van der Waals surface area contributed by atoms with Crippen LogP contribution in [0.2, 0.25) is 0 Å². The van der Waals surface area contributed by atoms with Gasteiger partial charge in [0.15, 0.2) is 0 Å². The Morgan fingerprint density at radius 3 is 2.55 bits per heavy atom. The Balaban J connectivity index is 1.78. The van der Waals surface area contributed by atoms with E-state index in [4.69, 9.17) is 0 Å². The molecule has 0 amide bonds. The highest BCUT2D eigenvalue weighted by Crippen LogP contribution is 2.36. The molecule has 2 aromatic rings. The lowest BCUT2D eigenvalue weighted by molar-refractivity contribution is 0.151. The molecule has 0 radical (unpaired) electrons. The van der Waals surface area contributed by atoms with Crippen molar-refractivity contribution in [3.63, 3.8) is 0 Å². The van der Waals surface area contributed by atoms with Gasteiger partial charge in [-0.15, -0.1) is 5.10 Å². The fourth-order valence-electron chi connectivity index (χ4n) is 3.20. The van der Waals surface area contributed by atoms with Crippen LogP contribution in [0.4, 0.5) is 8.78 Å². The highest BCUT2D eigenvalue weighted by molar-refractivity contribution is 5.27. The number of nitrogens with zero attached hydrogens (tertiary/aromatic N) is 3. The summed E-state index contributed by atoms with van der Waals surface area (Å²) in [5.41, 5.74) is 2.13. The standard InChI is InChI=1S/C16H20F2N4/c1-10-7-13(11-3-5-12(6-4-11)16(17)18)8-14(19-10)15-9-22(2)21-20-15/h3-6,9-10,13-14,16,19H,7-8H2,1-2H3/t10-,13-,14-/m0/s1. The molecular weight excluding hydrogens is 286 g/mol. The van der Waals surface area contributed by atoms with Crippen molar-refractivity contribution in [3.8, 4) is 0 Å². The minimum Gasteiger partial charge on any atom is -0.306 e. The Bertz CT molecular complexity index is 623. The maximum absolute atomic E-state index is 12.7. The van der Waals surface area contributed by atoms with Crippen molar-refractivity contribution in [1.29, 1.82) is 0 Å². The average Bonchev–Trinajstić information content (AvgIpc) is 2.93. The predicted octanol–water partition coefficient (Wildman–Crippen LogP) is 3.35. The number of benzene rings is 1. The topological polar surface area (TPSA) is 42.7 Å². The molecule has 1 fully saturated rings. The second-order valence-corrected chi connectivity index (χ2v) is 6.07. The lowest BCUT2D eigenvalue weighted by Gasteiger charge is -2.34. The van der Waals surface area contributed by atoms with Gasteiger partial charge in [0.05, 0.1) is 11.7 Å². The van der Waals surface area contributed by atoms with Gasteiger partial charge in [-0.1, -0.05) is 29.5 Å². The second kappa shape index (κ2) is 6.12. The van der Waals surface area contributed by atoms with E-state index in [1.807, 2.05) is 25.4 Å². The van der Waals surface area contributed by atoms with Gasteiger partial charge in [0.25, 0.3) is 6.43 Å². The largest absolute Gasteiger partial charge is 0.306 e. The van der Waals surface area contributed by atoms with Gasteiger partial charge in [-0.3, -0.25) is 4.68 Å². The highest BCUT2D eigenvalue weighted by atomic mass is 19.3. The molecule has 0 saturated carbocycles. The molecule has 0 unspecified atom stereocenters. The molecule has 1 aliphatic rings. The molecule has 4 nitrogen and oxygen atoms in total. The smallest absolute Gasteiger partial charge is 0.263 e. The Kier molecular flexibility index (Phi) is 4.20. The number of rotatable bonds is 3. The highest BCUT2D eigenvalue weighted by Gasteiger charge is 2.29. The summed E-state index contributed by atoms with van der Waals surface area (Å²) < 4.78 is 27.0. The van der Waals surface area contributed by atoms with Crippen LogP contribution in [0.15, 0.2) is 30.5 Å². The van der Waals surface area contributed by atoms with Crippen LogP contribution in [-0.2, 0) is 7.05 Å². The van der Waals surface area contributed by atoms with Crippen molar-refractivity contribution in [3.05, 3.63) is 47.3 Å². The molecule has 1 saturated heterocycles. The van der Waals surface area contributed by atoms with E-state index in [1.165, 1.54) is 12.1 Å². The summed E-state index contributed by atoms with van der Waals surface area (Å²) in [6, 6.07) is 7.22. The Morgan fingerprint density at radius 1 is 1.23 bits per heavy atom. The molecule has 22 heavy (non-hydrogen) atoms. The van der Waals surface area contributed by atoms with E-state index in [9.17, 15) is 8.78 Å². The lowest BCUT2D eigenvalue weighted by Crippen LogP contribution is -2.38. The number of aryl methyl sites for hydroxylation is 1. The van der Waals surface area contributed by atoms with Crippen molar-refractivity contribution < 1.29 is 8.78 Å². The van der Waals surface area contributed by atoms with Gasteiger partial charge >= 0.3 is 0 Å². The van der Waals surface area contributed by atoms with Crippen LogP contribution in [-0.4, -0.2) is 21.0 Å². The molecule has 1 aromatic carbocycles. The summed E-state index contributed by atoms with van der Waals surface area (Å²) in [6.45, 7) is 2.14. The number of alkyl halides is 2. The zero-order chi connectivity index (χ0) is 15.7. The summed E-state index contributed by atoms with van der Waals surface area (Å²) in [5, 5.41) is 11.7. The number of nitrogens with one attached hydrogen (secondary N) is 1. The fraction of sp³-hybridized carbons (Fsp3) is 0.500. The van der Waals surface area contributed by atoms with Crippen LogP contribution in [0, 0.1) is 0 Å². The van der Waals surface area contributed by atoms with Gasteiger partial charge in [-0.2, -0.15) is 0 Å². The minimum atomic E-state index is -2.41. The third-order valence-corrected chi connectivity index (χ3v) is 4.28. The van der Waals surface area contributed by atoms with Crippen LogP contribution in [0.5, 0.6) is 0 Å². The van der Waals surface area contributed by atoms with Gasteiger partial charge in [0, 0.05) is 24.8 Å². The molecule has 1 aromatic heterocycles. The maximum Gasteiger partial charge on any atom is 0.263 e. The zero-order valence-corrected chi connectivity index (χ0v) is 12.7. The first-order chi connectivity index (χ1) is 10.5. The van der Waals surface area contributed by atoms with Gasteiger partial charge in [0.2, 0.25) is 0 Å². The van der Waals surface area contributed by atoms with Gasteiger partial charge in [-0.25, -0.2) is 8.78 Å². The number of hydrogen-bond acceptors (Lipinski definition) is 3. The summed E-state index contributed by atoms with van der Waals surface area (Å²) in [5.74, 6) is 0.343. The Morgan fingerprint density at radius 2 is 1.95 bits per heavy atom. The molecular formula is C16H20F2N4. The first-order valence-electron chi connectivity index (χ1n) is 7.53. The van der Waals surface area contributed by atoms with Gasteiger partial charge in [-0.05, 0) is 31.2 Å². The minimum absolute atomic E-state index is 0.0798. The van der Waals surface area contributed by atoms with Crippen molar-refractivity contribution in [2.24, 2.45) is 7.05 Å². The third kappa shape index (κ3) is 3.16. The van der Waals surface area contributed by atoms with E-state index >= 15 is 0 Å². The van der Waals surface area contributed by atoms with Crippen molar-refractivity contribution in [1.82, 2.24) is 20.3 Å². The number of piperidine rings is 1. The molecule has 6 heteroatoms. The van der Waals surface area contributed by atoms with Crippen LogP contribution in [0.1, 0.15) is 55.0 Å². The molecule has 118 valence electrons. The first kappa shape index (κ1) is 15.1. The summed E-state index contributed by atoms with van der Waals surface area (Å²) in [4.78, 5) is 0. The summed E-state index contributed by atoms with van der Waals surface area (Å²) in [6.07, 6.45) is 1.41. The van der Waals surface area contributed by atoms with Gasteiger partial charge in [0.1, 0.15) is 0 Å². The summed E-state index contributed by atoms with van der Waals surface area (Å²) in [7, 11) is 1.85. The van der Waals surface area contributed by atoms with Crippen LogP contribution in [0.25, 0.3) is 0 Å².